The standard InChI is InChI=1S/C7H5N3O3S/c1-3-8-2-4(14-3)5-9-6(7(11)12)13-10-5/h2H,1H3,(H,11,12). The molecule has 0 spiro atoms. The molecule has 2 rings (SSSR count). The second kappa shape index (κ2) is 3.18. The number of hydrogen-bond acceptors (Lipinski definition) is 6. The van der Waals surface area contributed by atoms with Crippen LogP contribution in [0, 0.1) is 6.92 Å². The van der Waals surface area contributed by atoms with Gasteiger partial charge in [-0.1, -0.05) is 5.16 Å². The zero-order valence-electron chi connectivity index (χ0n) is 7.09. The number of carbonyl (C=O) groups is 1. The highest BCUT2D eigenvalue weighted by molar-refractivity contribution is 7.14. The summed E-state index contributed by atoms with van der Waals surface area (Å²) in [7, 11) is 0. The molecule has 1 N–H and O–H groups in total. The van der Waals surface area contributed by atoms with Crippen molar-refractivity contribution in [1.82, 2.24) is 15.1 Å². The minimum absolute atomic E-state index is 0.257. The van der Waals surface area contributed by atoms with Gasteiger partial charge in [0.25, 0.3) is 0 Å². The van der Waals surface area contributed by atoms with E-state index in [1.54, 1.807) is 6.20 Å². The number of aromatic nitrogens is 3. The molecule has 2 heterocycles. The minimum atomic E-state index is -1.23. The van der Waals surface area contributed by atoms with Gasteiger partial charge in [0.15, 0.2) is 0 Å². The van der Waals surface area contributed by atoms with Crippen molar-refractivity contribution < 1.29 is 14.4 Å². The summed E-state index contributed by atoms with van der Waals surface area (Å²) >= 11 is 1.38. The van der Waals surface area contributed by atoms with Crippen LogP contribution in [0.5, 0.6) is 0 Å². The van der Waals surface area contributed by atoms with Gasteiger partial charge in [-0.3, -0.25) is 0 Å². The van der Waals surface area contributed by atoms with E-state index in [9.17, 15) is 4.79 Å². The predicted molar refractivity (Wildman–Crippen MR) is 47.1 cm³/mol. The monoisotopic (exact) mass is 211 g/mol. The second-order valence-electron chi connectivity index (χ2n) is 2.47. The summed E-state index contributed by atoms with van der Waals surface area (Å²) in [4.78, 5) is 18.8. The Labute approximate surface area is 82.2 Å². The number of thiazole rings is 1. The van der Waals surface area contributed by atoms with Crippen molar-refractivity contribution in [2.75, 3.05) is 0 Å². The molecule has 0 saturated carbocycles. The zero-order valence-corrected chi connectivity index (χ0v) is 7.91. The molecule has 0 saturated heterocycles. The smallest absolute Gasteiger partial charge is 0.394 e. The van der Waals surface area contributed by atoms with Gasteiger partial charge < -0.3 is 9.63 Å². The van der Waals surface area contributed by atoms with Crippen LogP contribution >= 0.6 is 11.3 Å². The maximum absolute atomic E-state index is 10.4. The number of hydrogen-bond donors (Lipinski definition) is 1. The van der Waals surface area contributed by atoms with E-state index >= 15 is 0 Å². The SMILES string of the molecule is Cc1ncc(-c2noc(C(=O)O)n2)s1. The van der Waals surface area contributed by atoms with Crippen LogP contribution in [-0.2, 0) is 0 Å². The van der Waals surface area contributed by atoms with Gasteiger partial charge in [0.05, 0.1) is 9.88 Å². The summed E-state index contributed by atoms with van der Waals surface area (Å²) in [6.07, 6.45) is 1.58. The molecule has 7 heteroatoms. The summed E-state index contributed by atoms with van der Waals surface area (Å²) in [5.74, 6) is -1.39. The first-order chi connectivity index (χ1) is 6.66. The Morgan fingerprint density at radius 3 is 2.93 bits per heavy atom. The van der Waals surface area contributed by atoms with Gasteiger partial charge in [-0.25, -0.2) is 9.78 Å². The van der Waals surface area contributed by atoms with Crippen molar-refractivity contribution in [2.45, 2.75) is 6.92 Å². The van der Waals surface area contributed by atoms with Crippen molar-refractivity contribution in [3.8, 4) is 10.7 Å². The summed E-state index contributed by atoms with van der Waals surface area (Å²) < 4.78 is 4.51. The molecule has 0 aliphatic heterocycles. The predicted octanol–water partition coefficient (Wildman–Crippen LogP) is 1.20. The lowest BCUT2D eigenvalue weighted by Crippen LogP contribution is -1.95. The van der Waals surface area contributed by atoms with Crippen molar-refractivity contribution in [3.63, 3.8) is 0 Å². The highest BCUT2D eigenvalue weighted by atomic mass is 32.1. The van der Waals surface area contributed by atoms with Crippen LogP contribution in [0.15, 0.2) is 10.7 Å². The summed E-state index contributed by atoms with van der Waals surface area (Å²) in [6, 6.07) is 0. The Bertz CT molecular complexity index is 476. The normalized spacial score (nSPS) is 10.4. The third-order valence-electron chi connectivity index (χ3n) is 1.45. The third-order valence-corrected chi connectivity index (χ3v) is 2.36. The Kier molecular flexibility index (Phi) is 2.01. The van der Waals surface area contributed by atoms with Gasteiger partial charge in [0, 0.05) is 6.20 Å². The van der Waals surface area contributed by atoms with Gasteiger partial charge in [0.2, 0.25) is 5.82 Å². The van der Waals surface area contributed by atoms with Gasteiger partial charge in [-0.2, -0.15) is 4.98 Å². The molecule has 0 unspecified atom stereocenters. The number of carboxylic acids is 1. The summed E-state index contributed by atoms with van der Waals surface area (Å²) in [6.45, 7) is 1.84. The molecular formula is C7H5N3O3S. The van der Waals surface area contributed by atoms with Crippen LogP contribution in [0.3, 0.4) is 0 Å². The molecule has 0 bridgehead atoms. The van der Waals surface area contributed by atoms with Crippen LogP contribution in [0.4, 0.5) is 0 Å². The molecular weight excluding hydrogens is 206 g/mol. The van der Waals surface area contributed by atoms with E-state index in [2.05, 4.69) is 19.6 Å². The molecule has 0 aromatic carbocycles. The summed E-state index contributed by atoms with van der Waals surface area (Å²) in [5, 5.41) is 12.9. The fraction of sp³-hybridized carbons (Fsp3) is 0.143. The van der Waals surface area contributed by atoms with E-state index in [4.69, 9.17) is 5.11 Å². The molecule has 0 atom stereocenters. The van der Waals surface area contributed by atoms with Crippen molar-refractivity contribution in [1.29, 1.82) is 0 Å². The zero-order chi connectivity index (χ0) is 10.1. The number of aromatic carboxylic acids is 1. The highest BCUT2D eigenvalue weighted by Gasteiger charge is 2.15. The number of carboxylic acid groups (broad SMARTS) is 1. The molecule has 0 radical (unpaired) electrons. The molecule has 2 aromatic rings. The maximum Gasteiger partial charge on any atom is 0.394 e. The van der Waals surface area contributed by atoms with Gasteiger partial charge in [-0.15, -0.1) is 11.3 Å². The first kappa shape index (κ1) is 8.82. The Morgan fingerprint density at radius 2 is 2.43 bits per heavy atom. The van der Waals surface area contributed by atoms with E-state index in [0.717, 1.165) is 5.01 Å². The van der Waals surface area contributed by atoms with Crippen LogP contribution in [0.1, 0.15) is 15.7 Å². The Hall–Kier alpha value is -1.76. The average molecular weight is 211 g/mol. The van der Waals surface area contributed by atoms with E-state index in [1.807, 2.05) is 6.92 Å². The minimum Gasteiger partial charge on any atom is -0.474 e. The topological polar surface area (TPSA) is 89.1 Å². The first-order valence-corrected chi connectivity index (χ1v) is 4.48. The lowest BCUT2D eigenvalue weighted by molar-refractivity contribution is 0.0643. The second-order valence-corrected chi connectivity index (χ2v) is 3.71. The van der Waals surface area contributed by atoms with Crippen molar-refractivity contribution in [2.24, 2.45) is 0 Å². The lowest BCUT2D eigenvalue weighted by atomic mass is 10.5. The number of aryl methyl sites for hydroxylation is 1. The van der Waals surface area contributed by atoms with E-state index in [0.29, 0.717) is 4.88 Å². The molecule has 2 aromatic heterocycles. The summed E-state index contributed by atoms with van der Waals surface area (Å²) in [5.41, 5.74) is 0. The van der Waals surface area contributed by atoms with Crippen LogP contribution in [0.2, 0.25) is 0 Å². The highest BCUT2D eigenvalue weighted by Crippen LogP contribution is 2.22. The molecule has 6 nitrogen and oxygen atoms in total. The van der Waals surface area contributed by atoms with Gasteiger partial charge in [0.1, 0.15) is 0 Å². The molecule has 14 heavy (non-hydrogen) atoms. The fourth-order valence-electron chi connectivity index (χ4n) is 0.875. The van der Waals surface area contributed by atoms with Crippen molar-refractivity contribution >= 4 is 17.3 Å². The van der Waals surface area contributed by atoms with E-state index < -0.39 is 11.9 Å². The van der Waals surface area contributed by atoms with E-state index in [1.165, 1.54) is 11.3 Å². The molecule has 0 fully saturated rings. The largest absolute Gasteiger partial charge is 0.474 e. The lowest BCUT2D eigenvalue weighted by Gasteiger charge is -1.80. The Balaban J connectivity index is 2.38. The van der Waals surface area contributed by atoms with Crippen LogP contribution in [0.25, 0.3) is 10.7 Å². The maximum atomic E-state index is 10.4. The number of nitrogens with zero attached hydrogens (tertiary/aromatic N) is 3. The average Bonchev–Trinajstić information content (AvgIpc) is 2.70. The molecule has 0 amide bonds. The quantitative estimate of drug-likeness (QED) is 0.802. The van der Waals surface area contributed by atoms with Crippen molar-refractivity contribution in [3.05, 3.63) is 17.1 Å². The molecule has 0 aliphatic rings. The first-order valence-electron chi connectivity index (χ1n) is 3.66. The molecule has 72 valence electrons. The molecule has 0 aliphatic carbocycles. The Morgan fingerprint density at radius 1 is 1.64 bits per heavy atom. The third kappa shape index (κ3) is 1.49. The number of rotatable bonds is 2. The van der Waals surface area contributed by atoms with Crippen LogP contribution < -0.4 is 0 Å². The van der Waals surface area contributed by atoms with Crippen LogP contribution in [-0.4, -0.2) is 26.2 Å². The van der Waals surface area contributed by atoms with Gasteiger partial charge in [-0.05, 0) is 6.92 Å². The fourth-order valence-corrected chi connectivity index (χ4v) is 1.58. The van der Waals surface area contributed by atoms with E-state index in [-0.39, 0.29) is 5.82 Å². The van der Waals surface area contributed by atoms with Gasteiger partial charge >= 0.3 is 11.9 Å².